The maximum absolute atomic E-state index is 12.4. The highest BCUT2D eigenvalue weighted by atomic mass is 19.1. The summed E-state index contributed by atoms with van der Waals surface area (Å²) in [6.07, 6.45) is 1.68. The molecular formula is C22H28FN3O3. The largest absolute Gasteiger partial charge is 0.454 e. The molecule has 7 heteroatoms. The van der Waals surface area contributed by atoms with Crippen LogP contribution in [-0.2, 0) is 26.7 Å². The lowest BCUT2D eigenvalue weighted by molar-refractivity contribution is -0.152. The Morgan fingerprint density at radius 1 is 1.24 bits per heavy atom. The van der Waals surface area contributed by atoms with Crippen LogP contribution in [0.1, 0.15) is 43.3 Å². The molecule has 0 aliphatic carbocycles. The summed E-state index contributed by atoms with van der Waals surface area (Å²) in [5.74, 6) is -0.542. The highest BCUT2D eigenvalue weighted by molar-refractivity contribution is 6.18. The van der Waals surface area contributed by atoms with E-state index in [0.717, 1.165) is 11.3 Å². The zero-order valence-electron chi connectivity index (χ0n) is 17.8. The lowest BCUT2D eigenvalue weighted by atomic mass is 9.86. The lowest BCUT2D eigenvalue weighted by Gasteiger charge is -2.20. The first-order valence-electron chi connectivity index (χ1n) is 9.30. The SMILES string of the molecule is CN=C/C(=C(/OCOC(=O)CF)c1cc(C)nn1C)c1ccc(C(C)(C)C)cc1. The number of benzene rings is 1. The lowest BCUT2D eigenvalue weighted by Crippen LogP contribution is -2.12. The van der Waals surface area contributed by atoms with E-state index in [1.807, 2.05) is 25.1 Å². The van der Waals surface area contributed by atoms with Crippen molar-refractivity contribution >= 4 is 23.5 Å². The molecular weight excluding hydrogens is 373 g/mol. The molecule has 0 radical (unpaired) electrons. The molecule has 0 aliphatic heterocycles. The number of aromatic nitrogens is 2. The van der Waals surface area contributed by atoms with Crippen molar-refractivity contribution < 1.29 is 18.7 Å². The van der Waals surface area contributed by atoms with E-state index in [9.17, 15) is 9.18 Å². The maximum Gasteiger partial charge on any atom is 0.340 e. The van der Waals surface area contributed by atoms with Gasteiger partial charge in [-0.05, 0) is 29.5 Å². The van der Waals surface area contributed by atoms with Crippen LogP contribution < -0.4 is 0 Å². The van der Waals surface area contributed by atoms with E-state index in [0.29, 0.717) is 17.0 Å². The minimum atomic E-state index is -1.20. The van der Waals surface area contributed by atoms with Crippen LogP contribution in [-0.4, -0.2) is 42.5 Å². The van der Waals surface area contributed by atoms with Gasteiger partial charge in [-0.15, -0.1) is 0 Å². The molecule has 1 aromatic carbocycles. The second-order valence-electron chi connectivity index (χ2n) is 7.66. The Kier molecular flexibility index (Phi) is 7.31. The first-order chi connectivity index (χ1) is 13.7. The third kappa shape index (κ3) is 5.76. The van der Waals surface area contributed by atoms with Crippen molar-refractivity contribution in [3.8, 4) is 0 Å². The predicted molar refractivity (Wildman–Crippen MR) is 112 cm³/mol. The Bertz CT molecular complexity index is 906. The number of rotatable bonds is 7. The van der Waals surface area contributed by atoms with Gasteiger partial charge in [0.05, 0.1) is 5.69 Å². The molecule has 0 saturated carbocycles. The smallest absolute Gasteiger partial charge is 0.340 e. The highest BCUT2D eigenvalue weighted by Gasteiger charge is 2.19. The van der Waals surface area contributed by atoms with Crippen molar-refractivity contribution in [2.75, 3.05) is 20.5 Å². The van der Waals surface area contributed by atoms with Crippen LogP contribution in [0.5, 0.6) is 0 Å². The number of carbonyl (C=O) groups excluding carboxylic acids is 1. The van der Waals surface area contributed by atoms with Gasteiger partial charge in [0.25, 0.3) is 0 Å². The van der Waals surface area contributed by atoms with Crippen LogP contribution in [0.25, 0.3) is 11.3 Å². The normalized spacial score (nSPS) is 12.8. The predicted octanol–water partition coefficient (Wildman–Crippen LogP) is 4.08. The number of ether oxygens (including phenoxy) is 2. The maximum atomic E-state index is 12.4. The molecule has 6 nitrogen and oxygen atoms in total. The molecule has 156 valence electrons. The Hall–Kier alpha value is -2.96. The first kappa shape index (κ1) is 22.3. The van der Waals surface area contributed by atoms with Crippen molar-refractivity contribution in [2.24, 2.45) is 12.0 Å². The Balaban J connectivity index is 2.55. The van der Waals surface area contributed by atoms with Crippen molar-refractivity contribution in [3.05, 3.63) is 52.8 Å². The molecule has 2 aromatic rings. The molecule has 0 fully saturated rings. The van der Waals surface area contributed by atoms with Gasteiger partial charge in [0.1, 0.15) is 5.69 Å². The number of hydrogen-bond donors (Lipinski definition) is 0. The summed E-state index contributed by atoms with van der Waals surface area (Å²) < 4.78 is 24.6. The molecule has 0 atom stereocenters. The second kappa shape index (κ2) is 9.49. The molecule has 0 spiro atoms. The average molecular weight is 401 g/mol. The van der Waals surface area contributed by atoms with Crippen molar-refractivity contribution in [1.82, 2.24) is 9.78 Å². The fraction of sp³-hybridized carbons (Fsp3) is 0.409. The minimum Gasteiger partial charge on any atom is -0.454 e. The second-order valence-corrected chi connectivity index (χ2v) is 7.66. The van der Waals surface area contributed by atoms with E-state index >= 15 is 0 Å². The molecule has 0 saturated heterocycles. The van der Waals surface area contributed by atoms with Gasteiger partial charge in [0.15, 0.2) is 12.4 Å². The topological polar surface area (TPSA) is 65.7 Å². The molecule has 0 bridgehead atoms. The van der Waals surface area contributed by atoms with Crippen LogP contribution in [0.3, 0.4) is 0 Å². The number of esters is 1. The summed E-state index contributed by atoms with van der Waals surface area (Å²) in [5, 5.41) is 4.36. The summed E-state index contributed by atoms with van der Waals surface area (Å²) in [7, 11) is 3.46. The molecule has 1 heterocycles. The van der Waals surface area contributed by atoms with E-state index in [-0.39, 0.29) is 5.41 Å². The molecule has 0 N–H and O–H groups in total. The van der Waals surface area contributed by atoms with E-state index < -0.39 is 19.4 Å². The Morgan fingerprint density at radius 3 is 2.38 bits per heavy atom. The molecule has 29 heavy (non-hydrogen) atoms. The number of halogens is 1. The van der Waals surface area contributed by atoms with Gasteiger partial charge in [-0.1, -0.05) is 45.0 Å². The minimum absolute atomic E-state index is 0.0281. The molecule has 0 amide bonds. The van der Waals surface area contributed by atoms with E-state index in [4.69, 9.17) is 9.47 Å². The van der Waals surface area contributed by atoms with Gasteiger partial charge in [0.2, 0.25) is 6.79 Å². The summed E-state index contributed by atoms with van der Waals surface area (Å²) in [6.45, 7) is 6.71. The number of alkyl halides is 1. The fourth-order valence-corrected chi connectivity index (χ4v) is 2.85. The standard InChI is InChI=1S/C22H28FN3O3/c1-15-11-19(26(6)25-15)21(29-14-28-20(27)12-23)18(13-24-5)16-7-9-17(10-8-16)22(2,3)4/h7-11,13H,12,14H2,1-6H3/b21-18-,24-13?. The third-order valence-electron chi connectivity index (χ3n) is 4.33. The van der Waals surface area contributed by atoms with Crippen molar-refractivity contribution in [3.63, 3.8) is 0 Å². The van der Waals surface area contributed by atoms with Gasteiger partial charge in [-0.3, -0.25) is 9.67 Å². The van der Waals surface area contributed by atoms with Crippen molar-refractivity contribution in [1.29, 1.82) is 0 Å². The number of aryl methyl sites for hydroxylation is 2. The van der Waals surface area contributed by atoms with Gasteiger partial charge in [0, 0.05) is 25.9 Å². The van der Waals surface area contributed by atoms with E-state index in [1.54, 1.807) is 25.0 Å². The van der Waals surface area contributed by atoms with E-state index in [1.165, 1.54) is 5.56 Å². The number of aliphatic imine (C=N–C) groups is 1. The molecule has 0 unspecified atom stereocenters. The third-order valence-corrected chi connectivity index (χ3v) is 4.33. The van der Waals surface area contributed by atoms with Crippen LogP contribution in [0.2, 0.25) is 0 Å². The number of hydrogen-bond acceptors (Lipinski definition) is 5. The van der Waals surface area contributed by atoms with Gasteiger partial charge >= 0.3 is 5.97 Å². The molecule has 0 aliphatic rings. The summed E-state index contributed by atoms with van der Waals surface area (Å²) in [4.78, 5) is 15.3. The molecule has 1 aromatic heterocycles. The van der Waals surface area contributed by atoms with Crippen LogP contribution in [0.4, 0.5) is 4.39 Å². The first-order valence-corrected chi connectivity index (χ1v) is 9.30. The van der Waals surface area contributed by atoms with Crippen LogP contribution >= 0.6 is 0 Å². The summed E-state index contributed by atoms with van der Waals surface area (Å²) >= 11 is 0. The number of carbonyl (C=O) groups is 1. The zero-order valence-corrected chi connectivity index (χ0v) is 17.8. The number of nitrogens with zero attached hydrogens (tertiary/aromatic N) is 3. The van der Waals surface area contributed by atoms with Crippen LogP contribution in [0, 0.1) is 6.92 Å². The molecule has 2 rings (SSSR count). The average Bonchev–Trinajstić information content (AvgIpc) is 3.01. The highest BCUT2D eigenvalue weighted by Crippen LogP contribution is 2.29. The summed E-state index contributed by atoms with van der Waals surface area (Å²) in [6, 6.07) is 9.98. The van der Waals surface area contributed by atoms with Gasteiger partial charge in [-0.2, -0.15) is 5.10 Å². The van der Waals surface area contributed by atoms with Gasteiger partial charge in [-0.25, -0.2) is 9.18 Å². The Labute approximate surface area is 171 Å². The monoisotopic (exact) mass is 401 g/mol. The van der Waals surface area contributed by atoms with Gasteiger partial charge < -0.3 is 9.47 Å². The van der Waals surface area contributed by atoms with Crippen LogP contribution in [0.15, 0.2) is 35.3 Å². The Morgan fingerprint density at radius 2 is 1.90 bits per heavy atom. The fourth-order valence-electron chi connectivity index (χ4n) is 2.85. The zero-order chi connectivity index (χ0) is 21.6. The van der Waals surface area contributed by atoms with E-state index in [2.05, 4.69) is 43.0 Å². The van der Waals surface area contributed by atoms with Crippen molar-refractivity contribution in [2.45, 2.75) is 33.1 Å². The summed E-state index contributed by atoms with van der Waals surface area (Å²) in [5.41, 5.74) is 4.31. The quantitative estimate of drug-likeness (QED) is 0.303. The number of allylic oxidation sites excluding steroid dienone is 1.